The molecule has 0 aliphatic rings. The average molecular weight is 610 g/mol. The van der Waals surface area contributed by atoms with Crippen molar-refractivity contribution in [3.8, 4) is 0 Å². The summed E-state index contributed by atoms with van der Waals surface area (Å²) in [5.41, 5.74) is 0.799. The van der Waals surface area contributed by atoms with E-state index < -0.39 is 51.2 Å². The number of rotatable bonds is 11. The van der Waals surface area contributed by atoms with Crippen LogP contribution in [-0.4, -0.2) is 50.5 Å². The predicted molar refractivity (Wildman–Crippen MR) is 153 cm³/mol. The Bertz CT molecular complexity index is 1470. The minimum absolute atomic E-state index is 0.0419. The summed E-state index contributed by atoms with van der Waals surface area (Å²) in [6.45, 7) is 3.03. The summed E-state index contributed by atoms with van der Waals surface area (Å²) in [4.78, 5) is 28.5. The minimum atomic E-state index is -4.85. The number of halogens is 4. The van der Waals surface area contributed by atoms with Crippen molar-refractivity contribution in [1.82, 2.24) is 10.2 Å². The van der Waals surface area contributed by atoms with Crippen molar-refractivity contribution >= 4 is 39.1 Å². The minimum Gasteiger partial charge on any atom is -0.355 e. The fourth-order valence-corrected chi connectivity index (χ4v) is 5.30. The van der Waals surface area contributed by atoms with Crippen molar-refractivity contribution in [3.63, 3.8) is 0 Å². The SMILES string of the molecule is CCNC(=O)C(Cc1ccccc1)N(Cc1ccc(C)cc1)C(=O)CN(c1ccc(Cl)c(C(F)(F)F)c1)S(C)(=O)=O. The zero-order valence-corrected chi connectivity index (χ0v) is 24.4. The number of nitrogens with zero attached hydrogens (tertiary/aromatic N) is 2. The van der Waals surface area contributed by atoms with Crippen LogP contribution in [0.15, 0.2) is 72.8 Å². The van der Waals surface area contributed by atoms with Gasteiger partial charge in [-0.05, 0) is 43.2 Å². The molecule has 0 fully saturated rings. The second kappa shape index (κ2) is 13.4. The summed E-state index contributed by atoms with van der Waals surface area (Å²) in [7, 11) is -4.24. The number of hydrogen-bond donors (Lipinski definition) is 1. The zero-order chi connectivity index (χ0) is 30.4. The lowest BCUT2D eigenvalue weighted by Crippen LogP contribution is -2.53. The van der Waals surface area contributed by atoms with Crippen LogP contribution in [-0.2, 0) is 38.8 Å². The van der Waals surface area contributed by atoms with E-state index in [1.165, 1.54) is 4.90 Å². The van der Waals surface area contributed by atoms with E-state index in [0.717, 1.165) is 29.5 Å². The van der Waals surface area contributed by atoms with Gasteiger partial charge in [0.25, 0.3) is 0 Å². The maximum absolute atomic E-state index is 13.9. The first-order valence-corrected chi connectivity index (χ1v) is 14.9. The number of carbonyl (C=O) groups is 2. The second-order valence-electron chi connectivity index (χ2n) is 9.54. The molecule has 0 aliphatic heterocycles. The number of sulfonamides is 1. The molecular formula is C29H31ClF3N3O4S. The maximum atomic E-state index is 13.9. The van der Waals surface area contributed by atoms with Crippen LogP contribution < -0.4 is 9.62 Å². The Kier molecular flexibility index (Phi) is 10.4. The van der Waals surface area contributed by atoms with Crippen LogP contribution in [0, 0.1) is 6.92 Å². The Labute approximate surface area is 243 Å². The fourth-order valence-electron chi connectivity index (χ4n) is 4.24. The average Bonchev–Trinajstić information content (AvgIpc) is 2.90. The summed E-state index contributed by atoms with van der Waals surface area (Å²) >= 11 is 5.73. The zero-order valence-electron chi connectivity index (χ0n) is 22.8. The molecule has 0 bridgehead atoms. The Morgan fingerprint density at radius 2 is 1.61 bits per heavy atom. The summed E-state index contributed by atoms with van der Waals surface area (Å²) < 4.78 is 66.8. The molecule has 7 nitrogen and oxygen atoms in total. The maximum Gasteiger partial charge on any atom is 0.417 e. The van der Waals surface area contributed by atoms with Gasteiger partial charge in [-0.25, -0.2) is 8.42 Å². The van der Waals surface area contributed by atoms with E-state index in [1.54, 1.807) is 43.3 Å². The van der Waals surface area contributed by atoms with Gasteiger partial charge in [0, 0.05) is 19.5 Å². The molecular weight excluding hydrogens is 579 g/mol. The molecule has 3 aromatic rings. The number of carbonyl (C=O) groups excluding carboxylic acids is 2. The molecule has 1 N–H and O–H groups in total. The molecule has 3 aromatic carbocycles. The smallest absolute Gasteiger partial charge is 0.355 e. The number of likely N-dealkylation sites (N-methyl/N-ethyl adjacent to an activating group) is 1. The first kappa shape index (κ1) is 32.0. The summed E-state index contributed by atoms with van der Waals surface area (Å²) in [6.07, 6.45) is -3.93. The highest BCUT2D eigenvalue weighted by molar-refractivity contribution is 7.92. The van der Waals surface area contributed by atoms with Gasteiger partial charge < -0.3 is 10.2 Å². The van der Waals surface area contributed by atoms with Gasteiger partial charge in [-0.3, -0.25) is 13.9 Å². The van der Waals surface area contributed by atoms with Crippen LogP contribution in [0.1, 0.15) is 29.2 Å². The van der Waals surface area contributed by atoms with Crippen LogP contribution in [0.2, 0.25) is 5.02 Å². The first-order valence-electron chi connectivity index (χ1n) is 12.7. The summed E-state index contributed by atoms with van der Waals surface area (Å²) in [6, 6.07) is 17.8. The van der Waals surface area contributed by atoms with Crippen LogP contribution >= 0.6 is 11.6 Å². The van der Waals surface area contributed by atoms with Gasteiger partial charge >= 0.3 is 6.18 Å². The highest BCUT2D eigenvalue weighted by atomic mass is 35.5. The highest BCUT2D eigenvalue weighted by Crippen LogP contribution is 2.37. The molecule has 0 saturated heterocycles. The van der Waals surface area contributed by atoms with Crippen molar-refractivity contribution in [2.45, 2.75) is 39.0 Å². The van der Waals surface area contributed by atoms with Crippen LogP contribution in [0.4, 0.5) is 18.9 Å². The Hall–Kier alpha value is -3.57. The van der Waals surface area contributed by atoms with Crippen molar-refractivity contribution in [2.75, 3.05) is 23.7 Å². The Morgan fingerprint density at radius 3 is 2.17 bits per heavy atom. The van der Waals surface area contributed by atoms with Gasteiger partial charge in [-0.15, -0.1) is 0 Å². The molecule has 41 heavy (non-hydrogen) atoms. The van der Waals surface area contributed by atoms with Crippen molar-refractivity contribution in [2.24, 2.45) is 0 Å². The topological polar surface area (TPSA) is 86.8 Å². The van der Waals surface area contributed by atoms with Gasteiger partial charge in [0.05, 0.1) is 22.5 Å². The number of hydrogen-bond acceptors (Lipinski definition) is 4. The molecule has 1 atom stereocenters. The third-order valence-corrected chi connectivity index (χ3v) is 7.79. The van der Waals surface area contributed by atoms with Gasteiger partial charge in [0.1, 0.15) is 12.6 Å². The van der Waals surface area contributed by atoms with E-state index in [-0.39, 0.29) is 25.2 Å². The third-order valence-electron chi connectivity index (χ3n) is 6.32. The van der Waals surface area contributed by atoms with E-state index in [2.05, 4.69) is 5.32 Å². The van der Waals surface area contributed by atoms with Gasteiger partial charge in [-0.1, -0.05) is 71.8 Å². The molecule has 12 heteroatoms. The largest absolute Gasteiger partial charge is 0.417 e. The monoisotopic (exact) mass is 609 g/mol. The van der Waals surface area contributed by atoms with E-state index in [1.807, 2.05) is 25.1 Å². The summed E-state index contributed by atoms with van der Waals surface area (Å²) in [5, 5.41) is 2.13. The van der Waals surface area contributed by atoms with Crippen LogP contribution in [0.25, 0.3) is 0 Å². The molecule has 1 unspecified atom stereocenters. The van der Waals surface area contributed by atoms with E-state index in [9.17, 15) is 31.2 Å². The van der Waals surface area contributed by atoms with Crippen molar-refractivity contribution in [1.29, 1.82) is 0 Å². The first-order chi connectivity index (χ1) is 19.2. The number of anilines is 1. The van der Waals surface area contributed by atoms with Gasteiger partial charge in [0.15, 0.2) is 0 Å². The number of nitrogens with one attached hydrogen (secondary N) is 1. The highest BCUT2D eigenvalue weighted by Gasteiger charge is 2.36. The Balaban J connectivity index is 2.08. The van der Waals surface area contributed by atoms with Crippen LogP contribution in [0.3, 0.4) is 0 Å². The second-order valence-corrected chi connectivity index (χ2v) is 11.9. The molecule has 0 aromatic heterocycles. The molecule has 0 spiro atoms. The fraction of sp³-hybridized carbons (Fsp3) is 0.310. The van der Waals surface area contributed by atoms with E-state index in [4.69, 9.17) is 11.6 Å². The molecule has 0 radical (unpaired) electrons. The lowest BCUT2D eigenvalue weighted by Gasteiger charge is -2.33. The Morgan fingerprint density at radius 1 is 0.976 bits per heavy atom. The molecule has 0 heterocycles. The van der Waals surface area contributed by atoms with Crippen molar-refractivity contribution < 1.29 is 31.2 Å². The number of benzene rings is 3. The quantitative estimate of drug-likeness (QED) is 0.323. The molecule has 3 rings (SSSR count). The molecule has 2 amide bonds. The van der Waals surface area contributed by atoms with Gasteiger partial charge in [-0.2, -0.15) is 13.2 Å². The van der Waals surface area contributed by atoms with Crippen molar-refractivity contribution in [3.05, 3.63) is 100 Å². The predicted octanol–water partition coefficient (Wildman–Crippen LogP) is 5.21. The number of alkyl halides is 3. The lowest BCUT2D eigenvalue weighted by atomic mass is 10.0. The lowest BCUT2D eigenvalue weighted by molar-refractivity contribution is -0.140. The van der Waals surface area contributed by atoms with E-state index in [0.29, 0.717) is 15.9 Å². The summed E-state index contributed by atoms with van der Waals surface area (Å²) in [5.74, 6) is -1.22. The van der Waals surface area contributed by atoms with Gasteiger partial charge in [0.2, 0.25) is 21.8 Å². The molecule has 0 aliphatic carbocycles. The molecule has 220 valence electrons. The standard InChI is InChI=1S/C29H31ClF3N3O4S/c1-4-34-28(38)26(16-21-8-6-5-7-9-21)35(18-22-12-10-20(2)11-13-22)27(37)19-36(41(3,39)40)23-14-15-25(30)24(17-23)29(31,32)33/h5-15,17,26H,4,16,18-19H2,1-3H3,(H,34,38). The third kappa shape index (κ3) is 8.71. The van der Waals surface area contributed by atoms with E-state index >= 15 is 0 Å². The molecule has 0 saturated carbocycles. The van der Waals surface area contributed by atoms with Crippen LogP contribution in [0.5, 0.6) is 0 Å². The number of amides is 2. The number of aryl methyl sites for hydroxylation is 1. The normalized spacial score (nSPS) is 12.5.